The van der Waals surface area contributed by atoms with Gasteiger partial charge in [0.1, 0.15) is 0 Å². The summed E-state index contributed by atoms with van der Waals surface area (Å²) >= 11 is 0. The van der Waals surface area contributed by atoms with E-state index in [1.165, 1.54) is 16.6 Å². The first-order valence-corrected chi connectivity index (χ1v) is 13.6. The third-order valence-electron chi connectivity index (χ3n) is 6.71. The number of aromatic nitrogens is 2. The first-order valence-electron chi connectivity index (χ1n) is 11.8. The van der Waals surface area contributed by atoms with Crippen molar-refractivity contribution in [1.82, 2.24) is 14.3 Å². The second-order valence-electron chi connectivity index (χ2n) is 9.06. The van der Waals surface area contributed by atoms with E-state index in [0.29, 0.717) is 25.5 Å². The molecule has 0 unspecified atom stereocenters. The molecule has 33 heavy (non-hydrogen) atoms. The fraction of sp³-hybridized carbons (Fsp3) is 0.583. The number of nitrogens with zero attached hydrogens (tertiary/aromatic N) is 4. The van der Waals surface area contributed by atoms with Crippen molar-refractivity contribution >= 4 is 16.0 Å². The fourth-order valence-electron chi connectivity index (χ4n) is 4.59. The molecule has 2 aromatic rings. The number of hydrogen-bond donors (Lipinski definition) is 0. The van der Waals surface area contributed by atoms with Gasteiger partial charge in [-0.1, -0.05) is 6.92 Å². The summed E-state index contributed by atoms with van der Waals surface area (Å²) in [6.07, 6.45) is 10.7. The van der Waals surface area contributed by atoms with Crippen LogP contribution in [0.25, 0.3) is 0 Å². The van der Waals surface area contributed by atoms with Gasteiger partial charge in [0, 0.05) is 38.6 Å². The number of piperidine rings is 1. The molecule has 1 aromatic carbocycles. The van der Waals surface area contributed by atoms with Crippen molar-refractivity contribution in [1.29, 1.82) is 0 Å². The number of benzene rings is 1. The molecule has 0 radical (unpaired) electrons. The van der Waals surface area contributed by atoms with Crippen molar-refractivity contribution in [2.75, 3.05) is 37.4 Å². The van der Waals surface area contributed by atoms with Gasteiger partial charge in [0.25, 0.3) is 0 Å². The topological polar surface area (TPSA) is 75.6 Å². The maximum atomic E-state index is 14.5. The van der Waals surface area contributed by atoms with Crippen LogP contribution in [0.3, 0.4) is 0 Å². The Morgan fingerprint density at radius 3 is 2.52 bits per heavy atom. The van der Waals surface area contributed by atoms with E-state index in [1.807, 2.05) is 12.4 Å². The fourth-order valence-corrected chi connectivity index (χ4v) is 5.39. The molecule has 180 valence electrons. The minimum Gasteiger partial charge on any atom is -0.491 e. The molecule has 0 bridgehead atoms. The number of fused-ring (bicyclic) bond motifs is 1. The molecule has 9 heteroatoms. The van der Waals surface area contributed by atoms with Gasteiger partial charge < -0.3 is 9.64 Å². The molecule has 4 rings (SSSR count). The maximum Gasteiger partial charge on any atom is 0.225 e. The Hall–Kier alpha value is -2.26. The molecular formula is C24H33FN4O3S. The highest BCUT2D eigenvalue weighted by Crippen LogP contribution is 2.29. The summed E-state index contributed by atoms with van der Waals surface area (Å²) in [6.45, 7) is 5.14. The van der Waals surface area contributed by atoms with E-state index in [-0.39, 0.29) is 12.3 Å². The summed E-state index contributed by atoms with van der Waals surface area (Å²) in [5, 5.41) is 0. The van der Waals surface area contributed by atoms with Crippen LogP contribution in [0.4, 0.5) is 10.3 Å². The van der Waals surface area contributed by atoms with Gasteiger partial charge in [-0.25, -0.2) is 22.8 Å². The number of halogens is 1. The molecule has 0 N–H and O–H groups in total. The predicted octanol–water partition coefficient (Wildman–Crippen LogP) is 3.57. The van der Waals surface area contributed by atoms with Crippen LogP contribution in [-0.2, 0) is 29.4 Å². The minimum absolute atomic E-state index is 0.220. The van der Waals surface area contributed by atoms with Crippen LogP contribution in [0, 0.1) is 11.7 Å². The lowest BCUT2D eigenvalue weighted by Crippen LogP contribution is -2.35. The molecule has 1 saturated heterocycles. The molecule has 0 amide bonds. The van der Waals surface area contributed by atoms with Crippen LogP contribution in [0.1, 0.15) is 49.3 Å². The lowest BCUT2D eigenvalue weighted by molar-refractivity contribution is 0.268. The Morgan fingerprint density at radius 1 is 1.12 bits per heavy atom. The minimum atomic E-state index is -3.27. The Bertz CT molecular complexity index is 1050. The second-order valence-corrected chi connectivity index (χ2v) is 11.0. The lowest BCUT2D eigenvalue weighted by atomic mass is 9.92. The number of ether oxygens (including phenoxy) is 1. The summed E-state index contributed by atoms with van der Waals surface area (Å²) in [6, 6.07) is 3.17. The highest BCUT2D eigenvalue weighted by atomic mass is 32.2. The molecule has 3 heterocycles. The second kappa shape index (κ2) is 10.3. The van der Waals surface area contributed by atoms with E-state index in [9.17, 15) is 12.8 Å². The quantitative estimate of drug-likeness (QED) is 0.542. The van der Waals surface area contributed by atoms with Crippen molar-refractivity contribution in [2.45, 2.75) is 52.0 Å². The summed E-state index contributed by atoms with van der Waals surface area (Å²) in [5.74, 6) is 1.29. The van der Waals surface area contributed by atoms with Gasteiger partial charge >= 0.3 is 0 Å². The van der Waals surface area contributed by atoms with Gasteiger partial charge in [-0.3, -0.25) is 0 Å². The number of hydrogen-bond acceptors (Lipinski definition) is 6. The zero-order valence-electron chi connectivity index (χ0n) is 19.5. The normalized spacial score (nSPS) is 17.7. The zero-order chi connectivity index (χ0) is 23.4. The Morgan fingerprint density at radius 2 is 1.85 bits per heavy atom. The van der Waals surface area contributed by atoms with Crippen LogP contribution < -0.4 is 9.64 Å². The first-order chi connectivity index (χ1) is 15.8. The van der Waals surface area contributed by atoms with Crippen molar-refractivity contribution < 1.29 is 17.5 Å². The van der Waals surface area contributed by atoms with E-state index in [0.717, 1.165) is 67.8 Å². The van der Waals surface area contributed by atoms with Crippen LogP contribution in [0.2, 0.25) is 0 Å². The van der Waals surface area contributed by atoms with Gasteiger partial charge in [0.05, 0.1) is 12.9 Å². The molecule has 0 atom stereocenters. The summed E-state index contributed by atoms with van der Waals surface area (Å²) in [7, 11) is -3.27. The maximum absolute atomic E-state index is 14.5. The van der Waals surface area contributed by atoms with E-state index in [2.05, 4.69) is 21.8 Å². The summed E-state index contributed by atoms with van der Waals surface area (Å²) in [4.78, 5) is 11.2. The average Bonchev–Trinajstić information content (AvgIpc) is 2.81. The van der Waals surface area contributed by atoms with E-state index in [1.54, 1.807) is 6.07 Å². The molecule has 1 aromatic heterocycles. The first kappa shape index (κ1) is 23.9. The van der Waals surface area contributed by atoms with Crippen molar-refractivity contribution in [2.24, 2.45) is 5.92 Å². The van der Waals surface area contributed by atoms with Crippen LogP contribution in [0.5, 0.6) is 5.75 Å². The Kier molecular flexibility index (Phi) is 7.48. The Labute approximate surface area is 196 Å². The van der Waals surface area contributed by atoms with Gasteiger partial charge in [0.2, 0.25) is 16.0 Å². The van der Waals surface area contributed by atoms with E-state index >= 15 is 0 Å². The van der Waals surface area contributed by atoms with Gasteiger partial charge in [-0.2, -0.15) is 4.31 Å². The molecule has 0 saturated carbocycles. The average molecular weight is 477 g/mol. The van der Waals surface area contributed by atoms with Crippen molar-refractivity contribution in [3.8, 4) is 5.75 Å². The third-order valence-corrected chi connectivity index (χ3v) is 7.96. The largest absolute Gasteiger partial charge is 0.491 e. The third kappa shape index (κ3) is 6.00. The number of sulfonamides is 1. The van der Waals surface area contributed by atoms with E-state index in [4.69, 9.17) is 4.74 Å². The standard InChI is InChI=1S/C24H33FN4O3S/c1-3-18-15-26-24(27-16-18)28-9-6-19(7-10-28)5-4-12-32-23-14-20-8-11-29(33(2,30)31)17-21(20)13-22(23)25/h13-16,19H,3-12,17H2,1-2H3. The monoisotopic (exact) mass is 476 g/mol. The number of anilines is 1. The molecule has 0 spiro atoms. The van der Waals surface area contributed by atoms with Crippen LogP contribution in [-0.4, -0.2) is 55.2 Å². The Balaban J connectivity index is 1.21. The predicted molar refractivity (Wildman–Crippen MR) is 126 cm³/mol. The molecular weight excluding hydrogens is 443 g/mol. The van der Waals surface area contributed by atoms with Crippen LogP contribution in [0.15, 0.2) is 24.5 Å². The number of aryl methyl sites for hydroxylation is 1. The van der Waals surface area contributed by atoms with Gasteiger partial charge in [-0.15, -0.1) is 0 Å². The van der Waals surface area contributed by atoms with E-state index < -0.39 is 15.8 Å². The molecule has 7 nitrogen and oxygen atoms in total. The summed E-state index contributed by atoms with van der Waals surface area (Å²) in [5.41, 5.74) is 2.84. The summed E-state index contributed by atoms with van der Waals surface area (Å²) < 4.78 is 45.2. The van der Waals surface area contributed by atoms with Gasteiger partial charge in [0.15, 0.2) is 11.6 Å². The molecule has 1 fully saturated rings. The van der Waals surface area contributed by atoms with Gasteiger partial charge in [-0.05, 0) is 73.3 Å². The molecule has 2 aliphatic rings. The highest BCUT2D eigenvalue weighted by Gasteiger charge is 2.25. The highest BCUT2D eigenvalue weighted by molar-refractivity contribution is 7.88. The lowest BCUT2D eigenvalue weighted by Gasteiger charge is -2.32. The SMILES string of the molecule is CCc1cnc(N2CCC(CCCOc3cc4c(cc3F)CN(S(C)(=O)=O)CC4)CC2)nc1. The van der Waals surface area contributed by atoms with Crippen LogP contribution >= 0.6 is 0 Å². The zero-order valence-corrected chi connectivity index (χ0v) is 20.3. The van der Waals surface area contributed by atoms with Crippen molar-refractivity contribution in [3.05, 3.63) is 47.0 Å². The molecule has 2 aliphatic heterocycles. The molecule has 0 aliphatic carbocycles. The smallest absolute Gasteiger partial charge is 0.225 e. The van der Waals surface area contributed by atoms with Crippen molar-refractivity contribution in [3.63, 3.8) is 0 Å². The number of rotatable bonds is 8.